The molecule has 0 atom stereocenters. The lowest BCUT2D eigenvalue weighted by Crippen LogP contribution is -2.04. The second-order valence-electron chi connectivity index (χ2n) is 6.74. The maximum absolute atomic E-state index is 12.7. The van der Waals surface area contributed by atoms with Crippen LogP contribution in [0.3, 0.4) is 0 Å². The van der Waals surface area contributed by atoms with Gasteiger partial charge in [-0.1, -0.05) is 29.3 Å². The Kier molecular flexibility index (Phi) is 6.07. The summed E-state index contributed by atoms with van der Waals surface area (Å²) in [6.45, 7) is 0.255. The summed E-state index contributed by atoms with van der Waals surface area (Å²) in [5.74, 6) is 1.71. The van der Waals surface area contributed by atoms with E-state index in [0.717, 1.165) is 10.9 Å². The minimum atomic E-state index is -0.489. The normalized spacial score (nSPS) is 10.8. The monoisotopic (exact) mass is 456 g/mol. The average molecular weight is 457 g/mol. The lowest BCUT2D eigenvalue weighted by atomic mass is 10.0. The molecule has 5 nitrogen and oxygen atoms in total. The van der Waals surface area contributed by atoms with Gasteiger partial charge >= 0.3 is 5.63 Å². The van der Waals surface area contributed by atoms with Crippen LogP contribution in [-0.4, -0.2) is 14.2 Å². The third-order valence-corrected chi connectivity index (χ3v) is 5.40. The van der Waals surface area contributed by atoms with Crippen molar-refractivity contribution in [1.29, 1.82) is 0 Å². The van der Waals surface area contributed by atoms with Crippen LogP contribution in [0.5, 0.6) is 17.2 Å². The van der Waals surface area contributed by atoms with Gasteiger partial charge in [0.05, 0.1) is 19.8 Å². The van der Waals surface area contributed by atoms with E-state index < -0.39 is 5.63 Å². The van der Waals surface area contributed by atoms with Gasteiger partial charge in [0.25, 0.3) is 0 Å². The third-order valence-electron chi connectivity index (χ3n) is 4.81. The van der Waals surface area contributed by atoms with Gasteiger partial charge < -0.3 is 18.6 Å². The Morgan fingerprint density at radius 1 is 0.839 bits per heavy atom. The third kappa shape index (κ3) is 4.48. The van der Waals surface area contributed by atoms with E-state index >= 15 is 0 Å². The minimum Gasteiger partial charge on any atom is -0.497 e. The summed E-state index contributed by atoms with van der Waals surface area (Å²) in [5.41, 5.74) is 1.69. The highest BCUT2D eigenvalue weighted by molar-refractivity contribution is 6.35. The summed E-state index contributed by atoms with van der Waals surface area (Å²) in [7, 11) is 3.11. The number of methoxy groups -OCH3 is 2. The first-order valence-corrected chi connectivity index (χ1v) is 10.1. The van der Waals surface area contributed by atoms with Crippen molar-refractivity contribution < 1.29 is 18.6 Å². The molecule has 0 bridgehead atoms. The van der Waals surface area contributed by atoms with E-state index in [1.165, 1.54) is 0 Å². The fraction of sp³-hybridized carbons (Fsp3) is 0.125. The molecule has 31 heavy (non-hydrogen) atoms. The molecule has 3 aromatic carbocycles. The molecule has 0 amide bonds. The number of hydrogen-bond donors (Lipinski definition) is 0. The number of benzene rings is 3. The van der Waals surface area contributed by atoms with Gasteiger partial charge in [0.15, 0.2) is 0 Å². The van der Waals surface area contributed by atoms with Crippen molar-refractivity contribution >= 4 is 34.2 Å². The molecule has 0 N–H and O–H groups in total. The topological polar surface area (TPSA) is 57.9 Å². The molecule has 1 aromatic heterocycles. The van der Waals surface area contributed by atoms with Crippen molar-refractivity contribution in [1.82, 2.24) is 0 Å². The number of ether oxygens (including phenoxy) is 3. The van der Waals surface area contributed by atoms with E-state index in [2.05, 4.69) is 0 Å². The maximum atomic E-state index is 12.7. The average Bonchev–Trinajstić information content (AvgIpc) is 2.77. The van der Waals surface area contributed by atoms with Crippen LogP contribution in [0.25, 0.3) is 22.1 Å². The molecule has 0 spiro atoms. The lowest BCUT2D eigenvalue weighted by molar-refractivity contribution is 0.306. The predicted molar refractivity (Wildman–Crippen MR) is 122 cm³/mol. The van der Waals surface area contributed by atoms with Crippen LogP contribution >= 0.6 is 23.2 Å². The summed E-state index contributed by atoms with van der Waals surface area (Å²) in [6.07, 6.45) is 0. The molecule has 0 aliphatic rings. The molecule has 4 rings (SSSR count). The molecular weight excluding hydrogens is 439 g/mol. The Labute approximate surface area is 188 Å². The molecule has 0 aliphatic carbocycles. The van der Waals surface area contributed by atoms with Crippen LogP contribution in [0.4, 0.5) is 0 Å². The number of fused-ring (bicyclic) bond motifs is 1. The highest BCUT2D eigenvalue weighted by Gasteiger charge is 2.14. The highest BCUT2D eigenvalue weighted by atomic mass is 35.5. The van der Waals surface area contributed by atoms with E-state index in [-0.39, 0.29) is 6.61 Å². The largest absolute Gasteiger partial charge is 0.497 e. The van der Waals surface area contributed by atoms with Crippen molar-refractivity contribution in [2.24, 2.45) is 0 Å². The molecular formula is C24H18Cl2O5. The number of hydrogen-bond acceptors (Lipinski definition) is 5. The second kappa shape index (κ2) is 8.92. The van der Waals surface area contributed by atoms with Crippen molar-refractivity contribution in [3.8, 4) is 28.4 Å². The van der Waals surface area contributed by atoms with E-state index in [4.69, 9.17) is 41.8 Å². The van der Waals surface area contributed by atoms with E-state index in [0.29, 0.717) is 44.0 Å². The molecule has 0 aliphatic heterocycles. The van der Waals surface area contributed by atoms with Crippen molar-refractivity contribution in [2.75, 3.05) is 14.2 Å². The van der Waals surface area contributed by atoms with Crippen LogP contribution in [0.15, 0.2) is 69.9 Å². The first-order valence-electron chi connectivity index (χ1n) is 9.35. The standard InChI is InChI=1S/C24H18Cl2O5/c1-28-17-7-8-22(29-2)19(11-17)20-9-14-4-6-18(12-23(14)31-24(20)27)30-13-15-3-5-16(25)10-21(15)26/h3-12H,13H2,1-2H3. The SMILES string of the molecule is COc1ccc(OC)c(-c2cc3ccc(OCc4ccc(Cl)cc4Cl)cc3oc2=O)c1. The lowest BCUT2D eigenvalue weighted by Gasteiger charge is -2.11. The van der Waals surface area contributed by atoms with Gasteiger partial charge in [-0.25, -0.2) is 4.79 Å². The Bertz CT molecular complexity index is 1310. The Morgan fingerprint density at radius 2 is 1.65 bits per heavy atom. The van der Waals surface area contributed by atoms with Crippen molar-refractivity contribution in [3.05, 3.63) is 86.7 Å². The molecule has 1 heterocycles. The van der Waals surface area contributed by atoms with Gasteiger partial charge in [-0.15, -0.1) is 0 Å². The van der Waals surface area contributed by atoms with E-state index in [1.807, 2.05) is 6.07 Å². The van der Waals surface area contributed by atoms with Gasteiger partial charge in [-0.3, -0.25) is 0 Å². The van der Waals surface area contributed by atoms with E-state index in [1.54, 1.807) is 68.8 Å². The molecule has 7 heteroatoms. The number of rotatable bonds is 6. The van der Waals surface area contributed by atoms with Crippen LogP contribution in [0, 0.1) is 0 Å². The zero-order valence-electron chi connectivity index (χ0n) is 16.8. The molecule has 4 aromatic rings. The molecule has 0 saturated carbocycles. The molecule has 0 fully saturated rings. The van der Waals surface area contributed by atoms with Crippen LogP contribution in [0.2, 0.25) is 10.0 Å². The Hall–Kier alpha value is -3.15. The van der Waals surface area contributed by atoms with Gasteiger partial charge in [-0.2, -0.15) is 0 Å². The number of halogens is 2. The fourth-order valence-corrected chi connectivity index (χ4v) is 3.66. The molecule has 0 radical (unpaired) electrons. The summed E-state index contributed by atoms with van der Waals surface area (Å²) in [5, 5.41) is 1.83. The first-order chi connectivity index (χ1) is 15.0. The zero-order chi connectivity index (χ0) is 22.0. The minimum absolute atomic E-state index is 0.255. The summed E-state index contributed by atoms with van der Waals surface area (Å²) in [4.78, 5) is 12.7. The molecule has 0 unspecified atom stereocenters. The van der Waals surface area contributed by atoms with Gasteiger partial charge in [0.1, 0.15) is 29.4 Å². The Balaban J connectivity index is 1.66. The second-order valence-corrected chi connectivity index (χ2v) is 7.58. The maximum Gasteiger partial charge on any atom is 0.344 e. The predicted octanol–water partition coefficient (Wildman–Crippen LogP) is 6.36. The van der Waals surface area contributed by atoms with Crippen LogP contribution < -0.4 is 19.8 Å². The van der Waals surface area contributed by atoms with Gasteiger partial charge in [-0.05, 0) is 48.5 Å². The Morgan fingerprint density at radius 3 is 2.39 bits per heavy atom. The van der Waals surface area contributed by atoms with Crippen molar-refractivity contribution in [2.45, 2.75) is 6.61 Å². The van der Waals surface area contributed by atoms with Crippen LogP contribution in [-0.2, 0) is 6.61 Å². The van der Waals surface area contributed by atoms with Crippen molar-refractivity contribution in [3.63, 3.8) is 0 Å². The summed E-state index contributed by atoms with van der Waals surface area (Å²) >= 11 is 12.1. The summed E-state index contributed by atoms with van der Waals surface area (Å²) < 4.78 is 22.1. The quantitative estimate of drug-likeness (QED) is 0.315. The zero-order valence-corrected chi connectivity index (χ0v) is 18.3. The smallest absolute Gasteiger partial charge is 0.344 e. The van der Waals surface area contributed by atoms with E-state index in [9.17, 15) is 4.79 Å². The molecule has 158 valence electrons. The first kappa shape index (κ1) is 21.1. The van der Waals surface area contributed by atoms with Gasteiger partial charge in [0.2, 0.25) is 0 Å². The molecule has 0 saturated heterocycles. The van der Waals surface area contributed by atoms with Crippen LogP contribution in [0.1, 0.15) is 5.56 Å². The van der Waals surface area contributed by atoms with Gasteiger partial charge in [0, 0.05) is 32.6 Å². The highest BCUT2D eigenvalue weighted by Crippen LogP contribution is 2.33. The fourth-order valence-electron chi connectivity index (χ4n) is 3.19. The summed E-state index contributed by atoms with van der Waals surface area (Å²) in [6, 6.07) is 17.5.